The normalized spacial score (nSPS) is 11.7. The van der Waals surface area contributed by atoms with E-state index in [-0.39, 0.29) is 28.5 Å². The van der Waals surface area contributed by atoms with Crippen LogP contribution in [0.1, 0.15) is 11.1 Å². The molecule has 0 aliphatic carbocycles. The molecule has 0 radical (unpaired) electrons. The maximum atomic E-state index is 9.51. The van der Waals surface area contributed by atoms with Crippen molar-refractivity contribution in [1.82, 2.24) is 5.32 Å². The third-order valence-corrected chi connectivity index (χ3v) is 3.26. The van der Waals surface area contributed by atoms with Crippen molar-refractivity contribution in [3.05, 3.63) is 59.7 Å². The molecule has 0 aliphatic rings. The number of likely N-dealkylation sites (N-methyl/N-ethyl adjacent to an activating group) is 1. The van der Waals surface area contributed by atoms with Crippen LogP contribution in [-0.2, 0) is 12.8 Å². The zero-order chi connectivity index (χ0) is 13.7. The quantitative estimate of drug-likeness (QED) is 0.735. The van der Waals surface area contributed by atoms with Crippen LogP contribution in [0.4, 0.5) is 0 Å². The Hall–Kier alpha value is -1.52. The third-order valence-electron chi connectivity index (χ3n) is 3.26. The van der Waals surface area contributed by atoms with E-state index in [1.807, 2.05) is 31.3 Å². The van der Waals surface area contributed by atoms with Gasteiger partial charge in [0.15, 0.2) is 11.5 Å². The molecule has 0 saturated carbocycles. The summed E-state index contributed by atoms with van der Waals surface area (Å²) in [6.07, 6.45) is 1.73. The summed E-state index contributed by atoms with van der Waals surface area (Å²) >= 11 is 0. The molecular weight excluding hydrogens is 318 g/mol. The first-order valence-corrected chi connectivity index (χ1v) is 6.41. The van der Waals surface area contributed by atoms with Crippen LogP contribution in [0.15, 0.2) is 48.5 Å². The fraction of sp³-hybridized carbons (Fsp3) is 0.250. The number of rotatable bonds is 5. The molecular formula is C16H20BrNO2. The number of hydrogen-bond acceptors (Lipinski definition) is 3. The van der Waals surface area contributed by atoms with Gasteiger partial charge in [-0.15, -0.1) is 17.0 Å². The van der Waals surface area contributed by atoms with Crippen LogP contribution in [0.2, 0.25) is 0 Å². The maximum absolute atomic E-state index is 9.51. The molecule has 0 aromatic heterocycles. The zero-order valence-corrected chi connectivity index (χ0v) is 13.1. The predicted molar refractivity (Wildman–Crippen MR) is 86.8 cm³/mol. The highest BCUT2D eigenvalue weighted by molar-refractivity contribution is 8.93. The van der Waals surface area contributed by atoms with Crippen LogP contribution >= 0.6 is 17.0 Å². The Kier molecular flexibility index (Phi) is 6.55. The van der Waals surface area contributed by atoms with Crippen LogP contribution in [0, 0.1) is 0 Å². The fourth-order valence-electron chi connectivity index (χ4n) is 2.16. The molecule has 3 nitrogen and oxygen atoms in total. The smallest absolute Gasteiger partial charge is 0.157 e. The molecule has 0 aliphatic heterocycles. The van der Waals surface area contributed by atoms with E-state index in [0.29, 0.717) is 6.04 Å². The highest BCUT2D eigenvalue weighted by atomic mass is 79.9. The summed E-state index contributed by atoms with van der Waals surface area (Å²) in [5.74, 6) is -0.139. The molecule has 0 fully saturated rings. The Morgan fingerprint density at radius 2 is 1.55 bits per heavy atom. The number of aromatic hydroxyl groups is 2. The monoisotopic (exact) mass is 337 g/mol. The molecule has 0 spiro atoms. The fourth-order valence-corrected chi connectivity index (χ4v) is 2.16. The minimum absolute atomic E-state index is 0. The van der Waals surface area contributed by atoms with E-state index in [1.165, 1.54) is 11.6 Å². The minimum atomic E-state index is -0.0761. The summed E-state index contributed by atoms with van der Waals surface area (Å²) in [7, 11) is 1.94. The molecule has 2 rings (SSSR count). The Labute approximate surface area is 130 Å². The number of hydrogen-bond donors (Lipinski definition) is 3. The van der Waals surface area contributed by atoms with E-state index < -0.39 is 0 Å². The molecule has 1 atom stereocenters. The Balaban J connectivity index is 0.00000200. The van der Waals surface area contributed by atoms with Crippen molar-refractivity contribution in [2.75, 3.05) is 7.05 Å². The van der Waals surface area contributed by atoms with Gasteiger partial charge in [0.2, 0.25) is 0 Å². The summed E-state index contributed by atoms with van der Waals surface area (Å²) < 4.78 is 0. The predicted octanol–water partition coefficient (Wildman–Crippen LogP) is 3.05. The van der Waals surface area contributed by atoms with Crippen molar-refractivity contribution < 1.29 is 10.2 Å². The average molecular weight is 338 g/mol. The van der Waals surface area contributed by atoms with E-state index in [4.69, 9.17) is 0 Å². The molecule has 108 valence electrons. The summed E-state index contributed by atoms with van der Waals surface area (Å²) in [4.78, 5) is 0. The van der Waals surface area contributed by atoms with Crippen LogP contribution in [0.3, 0.4) is 0 Å². The lowest BCUT2D eigenvalue weighted by Crippen LogP contribution is -2.29. The van der Waals surface area contributed by atoms with Crippen LogP contribution in [0.25, 0.3) is 0 Å². The maximum Gasteiger partial charge on any atom is 0.157 e. The lowest BCUT2D eigenvalue weighted by Gasteiger charge is -2.16. The first-order chi connectivity index (χ1) is 9.19. The number of halogens is 1. The molecule has 20 heavy (non-hydrogen) atoms. The van der Waals surface area contributed by atoms with Gasteiger partial charge in [-0.2, -0.15) is 0 Å². The topological polar surface area (TPSA) is 52.5 Å². The van der Waals surface area contributed by atoms with Crippen LogP contribution in [0.5, 0.6) is 11.5 Å². The second-order valence-corrected chi connectivity index (χ2v) is 4.70. The van der Waals surface area contributed by atoms with Crippen LogP contribution in [-0.4, -0.2) is 23.3 Å². The van der Waals surface area contributed by atoms with E-state index in [1.54, 1.807) is 6.07 Å². The van der Waals surface area contributed by atoms with Gasteiger partial charge in [-0.3, -0.25) is 0 Å². The molecule has 1 unspecified atom stereocenters. The van der Waals surface area contributed by atoms with Gasteiger partial charge in [-0.05, 0) is 43.1 Å². The molecule has 0 heterocycles. The highest BCUT2D eigenvalue weighted by Gasteiger charge is 2.09. The lowest BCUT2D eigenvalue weighted by atomic mass is 9.99. The molecule has 0 amide bonds. The van der Waals surface area contributed by atoms with Crippen molar-refractivity contribution >= 4 is 17.0 Å². The average Bonchev–Trinajstić information content (AvgIpc) is 2.43. The van der Waals surface area contributed by atoms with E-state index >= 15 is 0 Å². The van der Waals surface area contributed by atoms with Gasteiger partial charge < -0.3 is 15.5 Å². The van der Waals surface area contributed by atoms with Crippen molar-refractivity contribution in [3.8, 4) is 11.5 Å². The summed E-state index contributed by atoms with van der Waals surface area (Å²) in [6, 6.07) is 15.6. The standard InChI is InChI=1S/C16H19NO2.BrH/c1-17-14(9-12-5-3-2-4-6-12)10-13-7-8-15(18)16(19)11-13;/h2-8,11,14,17-19H,9-10H2,1H3;1H. The first-order valence-electron chi connectivity index (χ1n) is 6.41. The van der Waals surface area contributed by atoms with Crippen molar-refractivity contribution in [1.29, 1.82) is 0 Å². The largest absolute Gasteiger partial charge is 0.504 e. The first kappa shape index (κ1) is 16.5. The SMILES string of the molecule is Br.CNC(Cc1ccccc1)Cc1ccc(O)c(O)c1. The zero-order valence-electron chi connectivity index (χ0n) is 11.4. The van der Waals surface area contributed by atoms with Crippen molar-refractivity contribution in [2.45, 2.75) is 18.9 Å². The molecule has 2 aromatic carbocycles. The third kappa shape index (κ3) is 4.54. The van der Waals surface area contributed by atoms with Gasteiger partial charge in [0, 0.05) is 6.04 Å². The summed E-state index contributed by atoms with van der Waals surface area (Å²) in [5, 5.41) is 22.1. The minimum Gasteiger partial charge on any atom is -0.504 e. The Morgan fingerprint density at radius 3 is 2.15 bits per heavy atom. The summed E-state index contributed by atoms with van der Waals surface area (Å²) in [6.45, 7) is 0. The van der Waals surface area contributed by atoms with Gasteiger partial charge in [-0.25, -0.2) is 0 Å². The number of benzene rings is 2. The van der Waals surface area contributed by atoms with Gasteiger partial charge in [0.05, 0.1) is 0 Å². The lowest BCUT2D eigenvalue weighted by molar-refractivity contribution is 0.402. The Morgan fingerprint density at radius 1 is 0.900 bits per heavy atom. The molecule has 4 heteroatoms. The van der Waals surface area contributed by atoms with Gasteiger partial charge >= 0.3 is 0 Å². The van der Waals surface area contributed by atoms with Crippen LogP contribution < -0.4 is 5.32 Å². The van der Waals surface area contributed by atoms with E-state index in [2.05, 4.69) is 17.4 Å². The second-order valence-electron chi connectivity index (χ2n) is 4.70. The number of nitrogens with one attached hydrogen (secondary N) is 1. The summed E-state index contributed by atoms with van der Waals surface area (Å²) in [5.41, 5.74) is 2.29. The highest BCUT2D eigenvalue weighted by Crippen LogP contribution is 2.25. The van der Waals surface area contributed by atoms with E-state index in [9.17, 15) is 10.2 Å². The van der Waals surface area contributed by atoms with Gasteiger partial charge in [0.1, 0.15) is 0 Å². The van der Waals surface area contributed by atoms with Crippen molar-refractivity contribution in [3.63, 3.8) is 0 Å². The van der Waals surface area contributed by atoms with Gasteiger partial charge in [0.25, 0.3) is 0 Å². The molecule has 2 aromatic rings. The molecule has 3 N–H and O–H groups in total. The van der Waals surface area contributed by atoms with E-state index in [0.717, 1.165) is 18.4 Å². The van der Waals surface area contributed by atoms with Gasteiger partial charge in [-0.1, -0.05) is 36.4 Å². The Bertz CT molecular complexity index is 531. The number of phenolic OH excluding ortho intramolecular Hbond substituents is 2. The molecule has 0 bridgehead atoms. The number of phenols is 2. The second kappa shape index (κ2) is 7.92. The molecule has 0 saturated heterocycles. The van der Waals surface area contributed by atoms with Crippen molar-refractivity contribution in [2.24, 2.45) is 0 Å².